The van der Waals surface area contributed by atoms with Crippen molar-refractivity contribution in [2.24, 2.45) is 7.05 Å². The second-order valence-electron chi connectivity index (χ2n) is 22.0. The Bertz CT molecular complexity index is 3980. The van der Waals surface area contributed by atoms with E-state index in [2.05, 4.69) is 222 Å². The molecule has 14 rings (SSSR count). The first kappa shape index (κ1) is 39.3. The van der Waals surface area contributed by atoms with Crippen molar-refractivity contribution in [3.8, 4) is 39.3 Å². The minimum absolute atomic E-state index is 0.0206. The first-order valence-electron chi connectivity index (χ1n) is 23.9. The Morgan fingerprint density at radius 3 is 2.09 bits per heavy atom. The highest BCUT2D eigenvalue weighted by atomic mass is 32.1. The number of fused-ring (bicyclic) bond motifs is 17. The van der Waals surface area contributed by atoms with E-state index in [1.54, 1.807) is 0 Å². The lowest BCUT2D eigenvalue weighted by Gasteiger charge is -2.44. The van der Waals surface area contributed by atoms with E-state index >= 15 is 0 Å². The molecule has 0 fully saturated rings. The van der Waals surface area contributed by atoms with E-state index in [1.165, 1.54) is 114 Å². The fourth-order valence-corrected chi connectivity index (χ4v) is 13.6. The van der Waals surface area contributed by atoms with Gasteiger partial charge in [-0.15, -0.1) is 11.3 Å². The number of aryl methyl sites for hydroxylation is 1. The molecule has 0 saturated carbocycles. The molecule has 3 aromatic heterocycles. The molecule has 8 aromatic carbocycles. The smallest absolute Gasteiger partial charge is 0.333 e. The van der Waals surface area contributed by atoms with Crippen LogP contribution in [-0.2, 0) is 23.3 Å². The summed E-state index contributed by atoms with van der Waals surface area (Å²) < 4.78 is 7.59. The molecule has 3 aliphatic rings. The number of anilines is 2. The zero-order valence-corrected chi connectivity index (χ0v) is 40.4. The molecule has 0 atom stereocenters. The van der Waals surface area contributed by atoms with Crippen LogP contribution in [0.2, 0.25) is 0 Å². The summed E-state index contributed by atoms with van der Waals surface area (Å²) in [7, 11) is 2.18. The molecule has 0 radical (unpaired) electrons. The topological polar surface area (TPSA) is 26.0 Å². The minimum atomic E-state index is -0.276. The molecule has 0 bridgehead atoms. The number of aromatic nitrogens is 3. The maximum atomic E-state index is 5.48. The standard InChI is InChI=1S/C61H51BN4S/c1-59(2,3)35-23-26-37(27-24-35)66-47-33-51-40(38-19-14-16-22-50(38)67-51)30-42(47)54-55-52(39-20-13-15-21-43(39)61(55,7)8)53-41-29-36(60(4,5)6)25-28-46(41)65-48-32-49-45(31-44(48)62(66)56(54)57(53)65)63-58(64(49)9)34-17-11-10-12-18-34/h10-33H,1-9H3. The van der Waals surface area contributed by atoms with E-state index < -0.39 is 0 Å². The highest BCUT2D eigenvalue weighted by Gasteiger charge is 2.50. The van der Waals surface area contributed by atoms with Crippen molar-refractivity contribution in [2.45, 2.75) is 71.6 Å². The van der Waals surface area contributed by atoms with Crippen LogP contribution in [0, 0.1) is 0 Å². The lowest BCUT2D eigenvalue weighted by atomic mass is 9.43. The van der Waals surface area contributed by atoms with Gasteiger partial charge in [0.15, 0.2) is 0 Å². The molecule has 5 heterocycles. The Labute approximate surface area is 396 Å². The number of hydrogen-bond acceptors (Lipinski definition) is 3. The lowest BCUT2D eigenvalue weighted by molar-refractivity contribution is 0.590. The van der Waals surface area contributed by atoms with Gasteiger partial charge in [-0.1, -0.05) is 146 Å². The fraction of sp³-hybridized carbons (Fsp3) is 0.197. The van der Waals surface area contributed by atoms with Crippen molar-refractivity contribution in [1.82, 2.24) is 14.1 Å². The second kappa shape index (κ2) is 13.0. The number of nitrogens with zero attached hydrogens (tertiary/aromatic N) is 4. The van der Waals surface area contributed by atoms with Crippen LogP contribution < -0.4 is 15.7 Å². The zero-order valence-electron chi connectivity index (χ0n) is 39.6. The largest absolute Gasteiger partial charge is 0.376 e. The molecule has 11 aromatic rings. The van der Waals surface area contributed by atoms with E-state index in [-0.39, 0.29) is 23.1 Å². The number of hydrogen-bond donors (Lipinski definition) is 0. The van der Waals surface area contributed by atoms with E-state index in [0.29, 0.717) is 0 Å². The average Bonchev–Trinajstić information content (AvgIpc) is 4.03. The summed E-state index contributed by atoms with van der Waals surface area (Å²) in [5, 5.41) is 5.34. The average molecular weight is 883 g/mol. The van der Waals surface area contributed by atoms with E-state index in [0.717, 1.165) is 22.4 Å². The van der Waals surface area contributed by atoms with Crippen molar-refractivity contribution in [1.29, 1.82) is 0 Å². The van der Waals surface area contributed by atoms with Gasteiger partial charge in [0.25, 0.3) is 0 Å². The molecular formula is C61H51BN4S. The highest BCUT2D eigenvalue weighted by molar-refractivity contribution is 7.25. The highest BCUT2D eigenvalue weighted by Crippen LogP contribution is 2.60. The molecule has 0 unspecified atom stereocenters. The molecule has 0 N–H and O–H groups in total. The molecule has 2 aliphatic heterocycles. The third kappa shape index (κ3) is 5.12. The Hall–Kier alpha value is -6.89. The van der Waals surface area contributed by atoms with Gasteiger partial charge in [0.2, 0.25) is 0 Å². The van der Waals surface area contributed by atoms with Crippen molar-refractivity contribution in [3.05, 3.63) is 168 Å². The third-order valence-corrected chi connectivity index (χ3v) is 16.9. The molecule has 324 valence electrons. The van der Waals surface area contributed by atoms with E-state index in [4.69, 9.17) is 4.98 Å². The van der Waals surface area contributed by atoms with Crippen molar-refractivity contribution >= 4 is 93.5 Å². The molecule has 67 heavy (non-hydrogen) atoms. The monoisotopic (exact) mass is 882 g/mol. The van der Waals surface area contributed by atoms with Gasteiger partial charge in [0.1, 0.15) is 5.82 Å². The second-order valence-corrected chi connectivity index (χ2v) is 23.1. The number of thiophene rings is 1. The summed E-state index contributed by atoms with van der Waals surface area (Å²) in [4.78, 5) is 8.19. The number of rotatable bonds is 2. The van der Waals surface area contributed by atoms with Gasteiger partial charge in [-0.3, -0.25) is 0 Å². The van der Waals surface area contributed by atoms with Crippen molar-refractivity contribution in [3.63, 3.8) is 0 Å². The predicted molar refractivity (Wildman–Crippen MR) is 287 cm³/mol. The summed E-state index contributed by atoms with van der Waals surface area (Å²) in [6.45, 7) is 18.8. The van der Waals surface area contributed by atoms with Crippen LogP contribution in [0.15, 0.2) is 146 Å². The zero-order chi connectivity index (χ0) is 45.6. The van der Waals surface area contributed by atoms with Crippen molar-refractivity contribution in [2.75, 3.05) is 4.81 Å². The Kier molecular flexibility index (Phi) is 7.60. The SMILES string of the molecule is Cn1c(-c2ccccc2)nc2cc3c(cc21)-n1c2ccc(C(C)(C)C)cc2c2c4c(c5c(c21)B3N(c1ccc(C(C)(C)C)cc1)c1cc2sc3ccccc3c2cc1-5)C(C)(C)c1ccccc1-4. The summed E-state index contributed by atoms with van der Waals surface area (Å²) in [5.41, 5.74) is 22.8. The number of imidazole rings is 1. The minimum Gasteiger partial charge on any atom is -0.376 e. The molecular weight excluding hydrogens is 832 g/mol. The summed E-state index contributed by atoms with van der Waals surface area (Å²) in [6, 6.07) is 55.8. The lowest BCUT2D eigenvalue weighted by Crippen LogP contribution is -2.61. The van der Waals surface area contributed by atoms with Gasteiger partial charge >= 0.3 is 6.85 Å². The Morgan fingerprint density at radius 2 is 1.31 bits per heavy atom. The van der Waals surface area contributed by atoms with Gasteiger partial charge in [0, 0.05) is 71.6 Å². The van der Waals surface area contributed by atoms with Crippen molar-refractivity contribution < 1.29 is 0 Å². The van der Waals surface area contributed by atoms with Crippen LogP contribution >= 0.6 is 11.3 Å². The van der Waals surface area contributed by atoms with E-state index in [9.17, 15) is 0 Å². The van der Waals surface area contributed by atoms with Crippen LogP contribution in [0.3, 0.4) is 0 Å². The van der Waals surface area contributed by atoms with Crippen LogP contribution in [0.1, 0.15) is 77.6 Å². The van der Waals surface area contributed by atoms with Gasteiger partial charge in [0.05, 0.1) is 22.1 Å². The van der Waals surface area contributed by atoms with Gasteiger partial charge in [-0.2, -0.15) is 0 Å². The molecule has 0 saturated heterocycles. The third-order valence-electron chi connectivity index (χ3n) is 15.8. The van der Waals surface area contributed by atoms with Gasteiger partial charge in [-0.05, 0) is 115 Å². The molecule has 0 amide bonds. The molecule has 4 nitrogen and oxygen atoms in total. The molecule has 6 heteroatoms. The first-order valence-corrected chi connectivity index (χ1v) is 24.7. The van der Waals surface area contributed by atoms with Crippen LogP contribution in [0.5, 0.6) is 0 Å². The van der Waals surface area contributed by atoms with E-state index in [1.807, 2.05) is 11.3 Å². The fourth-order valence-electron chi connectivity index (χ4n) is 12.5. The maximum Gasteiger partial charge on any atom is 0.333 e. The normalized spacial score (nSPS) is 14.7. The van der Waals surface area contributed by atoms with Gasteiger partial charge < -0.3 is 13.9 Å². The van der Waals surface area contributed by atoms with Crippen LogP contribution in [0.25, 0.3) is 92.3 Å². The first-order chi connectivity index (χ1) is 32.2. The van der Waals surface area contributed by atoms with Crippen LogP contribution in [0.4, 0.5) is 11.4 Å². The predicted octanol–water partition coefficient (Wildman–Crippen LogP) is 14.8. The quantitative estimate of drug-likeness (QED) is 0.162. The molecule has 1 aliphatic carbocycles. The Balaban J connectivity index is 1.22. The number of benzene rings is 8. The summed E-state index contributed by atoms with van der Waals surface area (Å²) >= 11 is 1.91. The van der Waals surface area contributed by atoms with Crippen LogP contribution in [-0.4, -0.2) is 21.0 Å². The molecule has 0 spiro atoms. The summed E-state index contributed by atoms with van der Waals surface area (Å²) in [6.07, 6.45) is 0. The Morgan fingerprint density at radius 1 is 0.597 bits per heavy atom. The summed E-state index contributed by atoms with van der Waals surface area (Å²) in [5.74, 6) is 0.974. The van der Waals surface area contributed by atoms with Gasteiger partial charge in [-0.25, -0.2) is 4.98 Å². The maximum absolute atomic E-state index is 5.48.